The highest BCUT2D eigenvalue weighted by molar-refractivity contribution is 6.25. The number of hydrogen-bond acceptors (Lipinski definition) is 3. The van der Waals surface area contributed by atoms with Crippen LogP contribution in [0.5, 0.6) is 0 Å². The van der Waals surface area contributed by atoms with E-state index in [0.29, 0.717) is 12.0 Å². The van der Waals surface area contributed by atoms with Gasteiger partial charge in [0, 0.05) is 5.56 Å². The predicted octanol–water partition coefficient (Wildman–Crippen LogP) is 2.16. The number of Topliss-reactive ketones (excluding diaryl/α,β-unsaturated/α-hetero) is 1. The first-order valence-electron chi connectivity index (χ1n) is 6.12. The minimum Gasteiger partial charge on any atom is -0.480 e. The van der Waals surface area contributed by atoms with Gasteiger partial charge in [0.15, 0.2) is 5.78 Å². The molecule has 5 heteroatoms. The maximum Gasteiger partial charge on any atom is 0.329 e. The van der Waals surface area contributed by atoms with Gasteiger partial charge in [0.2, 0.25) is 5.41 Å². The maximum absolute atomic E-state index is 12.5. The Bertz CT molecular complexity index is 545. The van der Waals surface area contributed by atoms with Crippen molar-refractivity contribution in [3.8, 4) is 0 Å². The largest absolute Gasteiger partial charge is 0.480 e. The zero-order chi connectivity index (χ0) is 15.3. The first kappa shape index (κ1) is 15.6. The summed E-state index contributed by atoms with van der Waals surface area (Å²) < 4.78 is 0. The van der Waals surface area contributed by atoms with E-state index in [9.17, 15) is 24.6 Å². The summed E-state index contributed by atoms with van der Waals surface area (Å²) in [6.45, 7) is 5.16. The van der Waals surface area contributed by atoms with Crippen LogP contribution in [0, 0.1) is 5.41 Å². The van der Waals surface area contributed by atoms with Crippen molar-refractivity contribution in [3.05, 3.63) is 48.0 Å². The Balaban J connectivity index is 3.48. The normalized spacial score (nSPS) is 10.8. The summed E-state index contributed by atoms with van der Waals surface area (Å²) in [6, 6.07) is 6.42. The molecule has 1 aromatic rings. The molecule has 0 aliphatic rings. The van der Waals surface area contributed by atoms with Crippen molar-refractivity contribution in [1.82, 2.24) is 0 Å². The van der Waals surface area contributed by atoms with Crippen LogP contribution in [0.25, 0.3) is 0 Å². The van der Waals surface area contributed by atoms with Crippen LogP contribution in [-0.2, 0) is 16.0 Å². The number of carbonyl (C=O) groups excluding carboxylic acids is 1. The topological polar surface area (TPSA) is 91.7 Å². The van der Waals surface area contributed by atoms with Crippen molar-refractivity contribution in [2.45, 2.75) is 19.8 Å². The molecule has 0 saturated carbocycles. The number of carboxylic acid groups (broad SMARTS) is 2. The molecule has 5 nitrogen and oxygen atoms in total. The van der Waals surface area contributed by atoms with Gasteiger partial charge in [-0.2, -0.15) is 0 Å². The highest BCUT2D eigenvalue weighted by atomic mass is 16.4. The molecule has 0 bridgehead atoms. The van der Waals surface area contributed by atoms with E-state index in [2.05, 4.69) is 6.58 Å². The lowest BCUT2D eigenvalue weighted by atomic mass is 9.76. The third-order valence-electron chi connectivity index (χ3n) is 3.21. The summed E-state index contributed by atoms with van der Waals surface area (Å²) in [5, 5.41) is 18.5. The van der Waals surface area contributed by atoms with E-state index in [4.69, 9.17) is 0 Å². The number of rotatable bonds is 7. The van der Waals surface area contributed by atoms with Crippen molar-refractivity contribution in [1.29, 1.82) is 0 Å². The number of aryl methyl sites for hydroxylation is 1. The van der Waals surface area contributed by atoms with Gasteiger partial charge in [0.1, 0.15) is 0 Å². The first-order chi connectivity index (χ1) is 9.41. The molecule has 0 spiro atoms. The summed E-state index contributed by atoms with van der Waals surface area (Å²) in [5.74, 6) is -4.28. The molecule has 0 radical (unpaired) electrons. The van der Waals surface area contributed by atoms with Crippen LogP contribution in [0.1, 0.15) is 29.3 Å². The van der Waals surface area contributed by atoms with E-state index in [0.717, 1.165) is 6.08 Å². The lowest BCUT2D eigenvalue weighted by Gasteiger charge is -2.23. The molecule has 0 fully saturated rings. The molecule has 2 N–H and O–H groups in total. The molecule has 0 aliphatic heterocycles. The predicted molar refractivity (Wildman–Crippen MR) is 72.7 cm³/mol. The molecule has 0 amide bonds. The molecule has 0 saturated heterocycles. The minimum absolute atomic E-state index is 0.127. The minimum atomic E-state index is -2.52. The molecule has 0 aliphatic carbocycles. The Morgan fingerprint density at radius 1 is 1.20 bits per heavy atom. The smallest absolute Gasteiger partial charge is 0.329 e. The maximum atomic E-state index is 12.5. The molecule has 0 heterocycles. The number of benzene rings is 1. The SMILES string of the molecule is C=CCC(C(=O)O)(C(=O)O)C(=O)c1ccccc1CC. The van der Waals surface area contributed by atoms with Crippen LogP contribution in [0.3, 0.4) is 0 Å². The Morgan fingerprint density at radius 2 is 1.75 bits per heavy atom. The van der Waals surface area contributed by atoms with Crippen LogP contribution in [0.2, 0.25) is 0 Å². The van der Waals surface area contributed by atoms with Crippen LogP contribution >= 0.6 is 0 Å². The zero-order valence-electron chi connectivity index (χ0n) is 11.1. The second-order valence-corrected chi connectivity index (χ2v) is 4.35. The van der Waals surface area contributed by atoms with E-state index in [-0.39, 0.29) is 5.56 Å². The molecule has 0 unspecified atom stereocenters. The molecule has 1 rings (SSSR count). The van der Waals surface area contributed by atoms with Gasteiger partial charge >= 0.3 is 11.9 Å². The monoisotopic (exact) mass is 276 g/mol. The summed E-state index contributed by atoms with van der Waals surface area (Å²) >= 11 is 0. The van der Waals surface area contributed by atoms with Crippen LogP contribution < -0.4 is 0 Å². The molecular weight excluding hydrogens is 260 g/mol. The summed E-state index contributed by atoms with van der Waals surface area (Å²) in [4.78, 5) is 35.3. The van der Waals surface area contributed by atoms with E-state index in [1.54, 1.807) is 18.2 Å². The van der Waals surface area contributed by atoms with Crippen LogP contribution in [0.4, 0.5) is 0 Å². The number of aliphatic carboxylic acids is 2. The fourth-order valence-corrected chi connectivity index (χ4v) is 2.05. The van der Waals surface area contributed by atoms with Crippen molar-refractivity contribution >= 4 is 17.7 Å². The molecule has 20 heavy (non-hydrogen) atoms. The van der Waals surface area contributed by atoms with E-state index >= 15 is 0 Å². The number of carbonyl (C=O) groups is 3. The molecule has 0 aromatic heterocycles. The molecule has 106 valence electrons. The van der Waals surface area contributed by atoms with Crippen LogP contribution in [0.15, 0.2) is 36.9 Å². The zero-order valence-corrected chi connectivity index (χ0v) is 11.1. The fraction of sp³-hybridized carbons (Fsp3) is 0.267. The van der Waals surface area contributed by atoms with Gasteiger partial charge in [-0.1, -0.05) is 37.3 Å². The van der Waals surface area contributed by atoms with E-state index < -0.39 is 29.6 Å². The summed E-state index contributed by atoms with van der Waals surface area (Å²) in [7, 11) is 0. The number of hydrogen-bond donors (Lipinski definition) is 2. The molecule has 1 aromatic carbocycles. The summed E-state index contributed by atoms with van der Waals surface area (Å²) in [6.07, 6.45) is 1.18. The highest BCUT2D eigenvalue weighted by Crippen LogP contribution is 2.30. The summed E-state index contributed by atoms with van der Waals surface area (Å²) in [5.41, 5.74) is -1.78. The van der Waals surface area contributed by atoms with Gasteiger partial charge in [0.05, 0.1) is 0 Å². The van der Waals surface area contributed by atoms with E-state index in [1.165, 1.54) is 6.07 Å². The quantitative estimate of drug-likeness (QED) is 0.452. The average molecular weight is 276 g/mol. The standard InChI is InChI=1S/C15H16O5/c1-3-9-15(13(17)18,14(19)20)12(16)11-8-6-5-7-10(11)4-2/h3,5-8H,1,4,9H2,2H3,(H,17,18)(H,19,20). The van der Waals surface area contributed by atoms with Gasteiger partial charge in [-0.15, -0.1) is 6.58 Å². The lowest BCUT2D eigenvalue weighted by Crippen LogP contribution is -2.46. The van der Waals surface area contributed by atoms with Crippen molar-refractivity contribution in [2.24, 2.45) is 5.41 Å². The Labute approximate surface area is 116 Å². The lowest BCUT2D eigenvalue weighted by molar-refractivity contribution is -0.160. The Kier molecular flexibility index (Phi) is 4.80. The fourth-order valence-electron chi connectivity index (χ4n) is 2.05. The van der Waals surface area contributed by atoms with Crippen molar-refractivity contribution in [2.75, 3.05) is 0 Å². The molecular formula is C15H16O5. The highest BCUT2D eigenvalue weighted by Gasteiger charge is 2.53. The number of allylic oxidation sites excluding steroid dienone is 1. The average Bonchev–Trinajstić information content (AvgIpc) is 2.43. The van der Waals surface area contributed by atoms with Gasteiger partial charge in [0.25, 0.3) is 0 Å². The first-order valence-corrected chi connectivity index (χ1v) is 6.12. The second-order valence-electron chi connectivity index (χ2n) is 4.35. The molecule has 0 atom stereocenters. The number of carboxylic acids is 2. The van der Waals surface area contributed by atoms with E-state index in [1.807, 2.05) is 6.92 Å². The van der Waals surface area contributed by atoms with Gasteiger partial charge in [-0.05, 0) is 18.4 Å². The Morgan fingerprint density at radius 3 is 2.20 bits per heavy atom. The van der Waals surface area contributed by atoms with Gasteiger partial charge in [-0.25, -0.2) is 0 Å². The van der Waals surface area contributed by atoms with Gasteiger partial charge < -0.3 is 10.2 Å². The van der Waals surface area contributed by atoms with Gasteiger partial charge in [-0.3, -0.25) is 14.4 Å². The van der Waals surface area contributed by atoms with Crippen LogP contribution in [-0.4, -0.2) is 27.9 Å². The third kappa shape index (κ3) is 2.47. The number of ketones is 1. The third-order valence-corrected chi connectivity index (χ3v) is 3.21. The Hall–Kier alpha value is -2.43. The van der Waals surface area contributed by atoms with Crippen molar-refractivity contribution in [3.63, 3.8) is 0 Å². The second kappa shape index (κ2) is 6.14. The van der Waals surface area contributed by atoms with Crippen molar-refractivity contribution < 1.29 is 24.6 Å².